The van der Waals surface area contributed by atoms with Gasteiger partial charge in [-0.05, 0) is 47.3 Å². The average Bonchev–Trinajstić information content (AvgIpc) is 2.97. The molecule has 0 amide bonds. The highest BCUT2D eigenvalue weighted by molar-refractivity contribution is 7.99. The Morgan fingerprint density at radius 1 is 1.17 bits per heavy atom. The van der Waals surface area contributed by atoms with Gasteiger partial charge in [-0.15, -0.1) is 5.10 Å². The maximum absolute atomic E-state index is 12.7. The van der Waals surface area contributed by atoms with Crippen LogP contribution in [0.4, 0.5) is 13.2 Å². The fraction of sp³-hybridized carbons (Fsp3) is 0.143. The molecule has 5 nitrogen and oxygen atoms in total. The molecule has 10 heteroatoms. The minimum atomic E-state index is -4.50. The largest absolute Gasteiger partial charge is 0.417 e. The molecule has 0 atom stereocenters. The smallest absolute Gasteiger partial charge is 0.247 e. The second kappa shape index (κ2) is 6.40. The molecule has 2 aromatic heterocycles. The molecular formula is C14H9ClF3N5S. The number of tetrazole rings is 1. The molecule has 124 valence electrons. The number of rotatable bonds is 3. The van der Waals surface area contributed by atoms with Gasteiger partial charge in [-0.1, -0.05) is 29.3 Å². The van der Waals surface area contributed by atoms with Crippen LogP contribution < -0.4 is 0 Å². The highest BCUT2D eigenvalue weighted by atomic mass is 35.5. The van der Waals surface area contributed by atoms with Crippen LogP contribution in [0.5, 0.6) is 0 Å². The van der Waals surface area contributed by atoms with Gasteiger partial charge < -0.3 is 0 Å². The van der Waals surface area contributed by atoms with E-state index in [-0.39, 0.29) is 10.0 Å². The quantitative estimate of drug-likeness (QED) is 0.691. The van der Waals surface area contributed by atoms with E-state index in [1.807, 2.05) is 31.2 Å². The van der Waals surface area contributed by atoms with E-state index in [1.54, 1.807) is 0 Å². The van der Waals surface area contributed by atoms with E-state index < -0.39 is 11.7 Å². The lowest BCUT2D eigenvalue weighted by molar-refractivity contribution is -0.137. The second-order valence-corrected chi connectivity index (χ2v) is 6.18. The molecule has 24 heavy (non-hydrogen) atoms. The van der Waals surface area contributed by atoms with Gasteiger partial charge in [0, 0.05) is 6.20 Å². The summed E-state index contributed by atoms with van der Waals surface area (Å²) in [5.41, 5.74) is 0.889. The molecule has 2 heterocycles. The number of hydrogen-bond acceptors (Lipinski definition) is 5. The number of halogens is 4. The Labute approximate surface area is 143 Å². The summed E-state index contributed by atoms with van der Waals surface area (Å²) in [7, 11) is 0. The van der Waals surface area contributed by atoms with Gasteiger partial charge in [-0.2, -0.15) is 17.9 Å². The third kappa shape index (κ3) is 3.51. The van der Waals surface area contributed by atoms with E-state index in [0.29, 0.717) is 5.16 Å². The van der Waals surface area contributed by atoms with Crippen molar-refractivity contribution in [3.8, 4) is 5.69 Å². The van der Waals surface area contributed by atoms with Crippen LogP contribution in [0.25, 0.3) is 5.69 Å². The summed E-state index contributed by atoms with van der Waals surface area (Å²) in [5, 5.41) is 11.8. The first-order valence-electron chi connectivity index (χ1n) is 6.60. The maximum atomic E-state index is 12.7. The molecule has 0 aliphatic rings. The van der Waals surface area contributed by atoms with Crippen molar-refractivity contribution in [2.45, 2.75) is 23.3 Å². The summed E-state index contributed by atoms with van der Waals surface area (Å²) in [4.78, 5) is 3.77. The Bertz CT molecular complexity index is 864. The fourth-order valence-corrected chi connectivity index (χ4v) is 2.86. The first-order chi connectivity index (χ1) is 11.3. The number of aromatic nitrogens is 5. The van der Waals surface area contributed by atoms with E-state index in [9.17, 15) is 13.2 Å². The molecule has 0 spiro atoms. The van der Waals surface area contributed by atoms with Gasteiger partial charge in [0.25, 0.3) is 0 Å². The van der Waals surface area contributed by atoms with Crippen LogP contribution in [-0.2, 0) is 6.18 Å². The van der Waals surface area contributed by atoms with Crippen molar-refractivity contribution in [1.29, 1.82) is 0 Å². The normalized spacial score (nSPS) is 11.7. The predicted molar refractivity (Wildman–Crippen MR) is 82.3 cm³/mol. The van der Waals surface area contributed by atoms with E-state index in [1.165, 1.54) is 4.68 Å². The van der Waals surface area contributed by atoms with Crippen molar-refractivity contribution in [3.05, 3.63) is 52.7 Å². The third-order valence-electron chi connectivity index (χ3n) is 3.04. The Hall–Kier alpha value is -2.13. The molecule has 0 saturated heterocycles. The standard InChI is InChI=1S/C14H9ClF3N5S/c1-8-2-4-10(5-3-8)23-13(20-21-22-23)24-12-11(15)6-9(7-19-12)14(16,17)18/h2-7H,1H3. The lowest BCUT2D eigenvalue weighted by Gasteiger charge is -2.09. The fourth-order valence-electron chi connectivity index (χ4n) is 1.83. The average molecular weight is 372 g/mol. The summed E-state index contributed by atoms with van der Waals surface area (Å²) in [6.07, 6.45) is -3.77. The van der Waals surface area contributed by atoms with Crippen LogP contribution in [0.3, 0.4) is 0 Å². The molecule has 0 unspecified atom stereocenters. The summed E-state index contributed by atoms with van der Waals surface area (Å²) >= 11 is 6.89. The molecule has 0 saturated carbocycles. The highest BCUT2D eigenvalue weighted by Gasteiger charge is 2.31. The Morgan fingerprint density at radius 3 is 2.50 bits per heavy atom. The summed E-state index contributed by atoms with van der Waals surface area (Å²) < 4.78 is 39.4. The zero-order valence-corrected chi connectivity index (χ0v) is 13.7. The molecule has 0 fully saturated rings. The molecule has 0 aliphatic heterocycles. The van der Waals surface area contributed by atoms with E-state index >= 15 is 0 Å². The lowest BCUT2D eigenvalue weighted by Crippen LogP contribution is -2.06. The van der Waals surface area contributed by atoms with Gasteiger partial charge in [0.1, 0.15) is 5.03 Å². The van der Waals surface area contributed by atoms with Crippen LogP contribution in [0, 0.1) is 6.92 Å². The van der Waals surface area contributed by atoms with Crippen LogP contribution >= 0.6 is 23.4 Å². The van der Waals surface area contributed by atoms with Crippen molar-refractivity contribution in [2.24, 2.45) is 0 Å². The van der Waals surface area contributed by atoms with Crippen molar-refractivity contribution < 1.29 is 13.2 Å². The SMILES string of the molecule is Cc1ccc(-n2nnnc2Sc2ncc(C(F)(F)F)cc2Cl)cc1. The van der Waals surface area contributed by atoms with E-state index in [0.717, 1.165) is 35.3 Å². The maximum Gasteiger partial charge on any atom is 0.417 e. The highest BCUT2D eigenvalue weighted by Crippen LogP contribution is 2.35. The van der Waals surface area contributed by atoms with Gasteiger partial charge >= 0.3 is 6.18 Å². The third-order valence-corrected chi connectivity index (χ3v) is 4.40. The Morgan fingerprint density at radius 2 is 1.88 bits per heavy atom. The Balaban J connectivity index is 1.90. The van der Waals surface area contributed by atoms with E-state index in [4.69, 9.17) is 11.6 Å². The molecule has 0 bridgehead atoms. The van der Waals surface area contributed by atoms with Gasteiger partial charge in [-0.3, -0.25) is 0 Å². The molecule has 0 radical (unpaired) electrons. The number of alkyl halides is 3. The minimum Gasteiger partial charge on any atom is -0.247 e. The lowest BCUT2D eigenvalue weighted by atomic mass is 10.2. The summed E-state index contributed by atoms with van der Waals surface area (Å²) in [6, 6.07) is 8.29. The van der Waals surface area contributed by atoms with Gasteiger partial charge in [-0.25, -0.2) is 4.98 Å². The van der Waals surface area contributed by atoms with Crippen LogP contribution in [-0.4, -0.2) is 25.2 Å². The number of nitrogens with zero attached hydrogens (tertiary/aromatic N) is 5. The van der Waals surface area contributed by atoms with Crippen molar-refractivity contribution >= 4 is 23.4 Å². The van der Waals surface area contributed by atoms with Crippen LogP contribution in [0.2, 0.25) is 5.02 Å². The molecule has 1 aromatic carbocycles. The topological polar surface area (TPSA) is 56.5 Å². The summed E-state index contributed by atoms with van der Waals surface area (Å²) in [5.74, 6) is 0. The van der Waals surface area contributed by atoms with Crippen molar-refractivity contribution in [1.82, 2.24) is 25.2 Å². The molecule has 3 rings (SSSR count). The van der Waals surface area contributed by atoms with Crippen LogP contribution in [0.15, 0.2) is 46.7 Å². The zero-order chi connectivity index (χ0) is 17.3. The number of hydrogen-bond donors (Lipinski definition) is 0. The molecule has 0 aliphatic carbocycles. The predicted octanol–water partition coefficient (Wildman–Crippen LogP) is 4.19. The van der Waals surface area contributed by atoms with Crippen molar-refractivity contribution in [3.63, 3.8) is 0 Å². The zero-order valence-electron chi connectivity index (χ0n) is 12.1. The van der Waals surface area contributed by atoms with Crippen LogP contribution in [0.1, 0.15) is 11.1 Å². The van der Waals surface area contributed by atoms with Gasteiger partial charge in [0.15, 0.2) is 0 Å². The van der Waals surface area contributed by atoms with Gasteiger partial charge in [0.05, 0.1) is 16.3 Å². The molecule has 0 N–H and O–H groups in total. The first-order valence-corrected chi connectivity index (χ1v) is 7.80. The minimum absolute atomic E-state index is 0.117. The Kier molecular flexibility index (Phi) is 4.46. The number of pyridine rings is 1. The summed E-state index contributed by atoms with van der Waals surface area (Å²) in [6.45, 7) is 1.95. The van der Waals surface area contributed by atoms with E-state index in [2.05, 4.69) is 20.5 Å². The first kappa shape index (κ1) is 16.7. The van der Waals surface area contributed by atoms with Gasteiger partial charge in [0.2, 0.25) is 5.16 Å². The monoisotopic (exact) mass is 371 g/mol. The molecular weight excluding hydrogens is 363 g/mol. The van der Waals surface area contributed by atoms with Crippen molar-refractivity contribution in [2.75, 3.05) is 0 Å². The number of aryl methyl sites for hydroxylation is 1. The second-order valence-electron chi connectivity index (χ2n) is 4.82. The number of benzene rings is 1. The molecule has 3 aromatic rings.